The van der Waals surface area contributed by atoms with E-state index in [1.807, 2.05) is 37.3 Å². The summed E-state index contributed by atoms with van der Waals surface area (Å²) in [5, 5.41) is 5.94. The minimum atomic E-state index is -0.239. The normalized spacial score (nSPS) is 17.0. The molecule has 136 valence electrons. The maximum atomic E-state index is 12.7. The first-order valence-corrected chi connectivity index (χ1v) is 8.04. The van der Waals surface area contributed by atoms with E-state index in [-0.39, 0.29) is 36.4 Å². The smallest absolute Gasteiger partial charge is 0.295 e. The highest BCUT2D eigenvalue weighted by Gasteiger charge is 2.21. The summed E-state index contributed by atoms with van der Waals surface area (Å²) in [7, 11) is 1.80. The zero-order valence-corrected chi connectivity index (χ0v) is 15.1. The molecule has 1 fully saturated rings. The van der Waals surface area contributed by atoms with Crippen molar-refractivity contribution in [2.24, 2.45) is 7.05 Å². The highest BCUT2D eigenvalue weighted by molar-refractivity contribution is 5.91. The highest BCUT2D eigenvalue weighted by Crippen LogP contribution is 2.14. The van der Waals surface area contributed by atoms with Crippen LogP contribution in [-0.4, -0.2) is 41.1 Å². The molecule has 3 rings (SSSR count). The van der Waals surface area contributed by atoms with Gasteiger partial charge in [0.1, 0.15) is 5.69 Å². The van der Waals surface area contributed by atoms with Crippen molar-refractivity contribution in [2.75, 3.05) is 25.0 Å². The summed E-state index contributed by atoms with van der Waals surface area (Å²) < 4.78 is 8.82. The third kappa shape index (κ3) is 4.12. The molecule has 2 aromatic rings. The van der Waals surface area contributed by atoms with Gasteiger partial charge < -0.3 is 15.4 Å². The minimum absolute atomic E-state index is 0. The van der Waals surface area contributed by atoms with Gasteiger partial charge in [0.25, 0.3) is 5.56 Å². The van der Waals surface area contributed by atoms with Crippen LogP contribution in [0.5, 0.6) is 0 Å². The maximum Gasteiger partial charge on any atom is 0.295 e. The SMILES string of the molecule is Cc1c(NC(=O)CC2CNCCO2)c(=O)n(-c2ccccc2)n1C.Cl. The number of carbonyl (C=O) groups is 1. The number of aromatic nitrogens is 2. The van der Waals surface area contributed by atoms with E-state index in [0.717, 1.165) is 12.2 Å². The lowest BCUT2D eigenvalue weighted by molar-refractivity contribution is -0.119. The number of rotatable bonds is 4. The van der Waals surface area contributed by atoms with Crippen LogP contribution in [0.3, 0.4) is 0 Å². The monoisotopic (exact) mass is 366 g/mol. The van der Waals surface area contributed by atoms with Crippen LogP contribution in [0.4, 0.5) is 5.69 Å². The van der Waals surface area contributed by atoms with E-state index >= 15 is 0 Å². The third-order valence-corrected chi connectivity index (χ3v) is 4.24. The van der Waals surface area contributed by atoms with Gasteiger partial charge in [-0.15, -0.1) is 12.4 Å². The van der Waals surface area contributed by atoms with Crippen LogP contribution in [0.25, 0.3) is 5.69 Å². The molecule has 8 heteroatoms. The Morgan fingerprint density at radius 1 is 1.36 bits per heavy atom. The summed E-state index contributed by atoms with van der Waals surface area (Å²) >= 11 is 0. The summed E-state index contributed by atoms with van der Waals surface area (Å²) in [6.07, 6.45) is 0.0747. The molecule has 1 aromatic carbocycles. The number of anilines is 1. The second-order valence-electron chi connectivity index (χ2n) is 5.89. The molecular formula is C17H23ClN4O3. The van der Waals surface area contributed by atoms with Gasteiger partial charge >= 0.3 is 0 Å². The van der Waals surface area contributed by atoms with E-state index in [0.29, 0.717) is 24.5 Å². The molecule has 1 aliphatic rings. The molecule has 0 aliphatic carbocycles. The predicted octanol–water partition coefficient (Wildman–Crippen LogP) is 1.22. The molecular weight excluding hydrogens is 344 g/mol. The lowest BCUT2D eigenvalue weighted by Crippen LogP contribution is -2.40. The minimum Gasteiger partial charge on any atom is -0.375 e. The van der Waals surface area contributed by atoms with Crippen LogP contribution in [0.2, 0.25) is 0 Å². The molecule has 7 nitrogen and oxygen atoms in total. The van der Waals surface area contributed by atoms with Gasteiger partial charge in [-0.05, 0) is 19.1 Å². The Morgan fingerprint density at radius 3 is 2.72 bits per heavy atom. The Bertz CT molecular complexity index is 779. The van der Waals surface area contributed by atoms with Crippen molar-refractivity contribution >= 4 is 24.0 Å². The van der Waals surface area contributed by atoms with Gasteiger partial charge in [0.05, 0.1) is 30.5 Å². The average Bonchev–Trinajstić information content (AvgIpc) is 2.80. The van der Waals surface area contributed by atoms with Gasteiger partial charge in [0.15, 0.2) is 0 Å². The Hall–Kier alpha value is -2.09. The number of benzene rings is 1. The largest absolute Gasteiger partial charge is 0.375 e. The molecule has 1 aromatic heterocycles. The number of ether oxygens (including phenoxy) is 1. The number of halogens is 1. The number of para-hydroxylation sites is 1. The predicted molar refractivity (Wildman–Crippen MR) is 98.9 cm³/mol. The number of amides is 1. The van der Waals surface area contributed by atoms with Crippen LogP contribution in [0, 0.1) is 6.92 Å². The van der Waals surface area contributed by atoms with E-state index in [1.54, 1.807) is 16.4 Å². The molecule has 1 amide bonds. The average molecular weight is 367 g/mol. The second kappa shape index (κ2) is 8.33. The molecule has 0 radical (unpaired) electrons. The molecule has 1 unspecified atom stereocenters. The summed E-state index contributed by atoms with van der Waals surface area (Å²) in [5.74, 6) is -0.213. The number of nitrogens with zero attached hydrogens (tertiary/aromatic N) is 2. The third-order valence-electron chi connectivity index (χ3n) is 4.24. The van der Waals surface area contributed by atoms with Crippen LogP contribution in [-0.2, 0) is 16.6 Å². The Morgan fingerprint density at radius 2 is 2.08 bits per heavy atom. The molecule has 2 heterocycles. The van der Waals surface area contributed by atoms with Gasteiger partial charge in [-0.25, -0.2) is 4.68 Å². The zero-order valence-electron chi connectivity index (χ0n) is 14.3. The number of hydrogen-bond donors (Lipinski definition) is 2. The lowest BCUT2D eigenvalue weighted by atomic mass is 10.2. The summed E-state index contributed by atoms with van der Waals surface area (Å²) in [6, 6.07) is 9.35. The van der Waals surface area contributed by atoms with Crippen LogP contribution in [0.1, 0.15) is 12.1 Å². The maximum absolute atomic E-state index is 12.7. The standard InChI is InChI=1S/C17H22N4O3.ClH/c1-12-16(19-15(22)10-14-11-18-8-9-24-14)17(23)21(20(12)2)13-6-4-3-5-7-13;/h3-7,14,18H,8-11H2,1-2H3,(H,19,22);1H. The molecule has 25 heavy (non-hydrogen) atoms. The van der Waals surface area contributed by atoms with E-state index < -0.39 is 0 Å². The van der Waals surface area contributed by atoms with Gasteiger partial charge in [-0.2, -0.15) is 0 Å². The van der Waals surface area contributed by atoms with Crippen molar-refractivity contribution in [3.05, 3.63) is 46.4 Å². The van der Waals surface area contributed by atoms with E-state index in [1.165, 1.54) is 0 Å². The second-order valence-corrected chi connectivity index (χ2v) is 5.89. The summed E-state index contributed by atoms with van der Waals surface area (Å²) in [6.45, 7) is 3.87. The van der Waals surface area contributed by atoms with Crippen LogP contribution in [0.15, 0.2) is 35.1 Å². The molecule has 2 N–H and O–H groups in total. The topological polar surface area (TPSA) is 77.3 Å². The summed E-state index contributed by atoms with van der Waals surface area (Å²) in [5.41, 5.74) is 1.54. The van der Waals surface area contributed by atoms with E-state index in [2.05, 4.69) is 10.6 Å². The fraction of sp³-hybridized carbons (Fsp3) is 0.412. The Labute approximate surface area is 152 Å². The highest BCUT2D eigenvalue weighted by atomic mass is 35.5. The molecule has 0 spiro atoms. The first kappa shape index (κ1) is 19.2. The first-order chi connectivity index (χ1) is 11.6. The van der Waals surface area contributed by atoms with Crippen molar-refractivity contribution in [1.82, 2.24) is 14.7 Å². The molecule has 0 bridgehead atoms. The number of morpholine rings is 1. The first-order valence-electron chi connectivity index (χ1n) is 8.04. The Balaban J connectivity index is 0.00000225. The van der Waals surface area contributed by atoms with E-state index in [4.69, 9.17) is 4.74 Å². The molecule has 1 aliphatic heterocycles. The van der Waals surface area contributed by atoms with Crippen molar-refractivity contribution in [3.8, 4) is 5.69 Å². The van der Waals surface area contributed by atoms with Crippen molar-refractivity contribution in [1.29, 1.82) is 0 Å². The van der Waals surface area contributed by atoms with Crippen LogP contribution < -0.4 is 16.2 Å². The van der Waals surface area contributed by atoms with Crippen molar-refractivity contribution in [3.63, 3.8) is 0 Å². The molecule has 1 saturated heterocycles. The number of hydrogen-bond acceptors (Lipinski definition) is 4. The molecule has 1 atom stereocenters. The van der Waals surface area contributed by atoms with E-state index in [9.17, 15) is 9.59 Å². The number of carbonyl (C=O) groups excluding carboxylic acids is 1. The fourth-order valence-corrected chi connectivity index (χ4v) is 2.86. The quantitative estimate of drug-likeness (QED) is 0.853. The van der Waals surface area contributed by atoms with Gasteiger partial charge in [-0.3, -0.25) is 14.3 Å². The number of nitrogens with one attached hydrogen (secondary N) is 2. The Kier molecular flexibility index (Phi) is 6.41. The summed E-state index contributed by atoms with van der Waals surface area (Å²) in [4.78, 5) is 25.0. The van der Waals surface area contributed by atoms with Crippen molar-refractivity contribution in [2.45, 2.75) is 19.4 Å². The van der Waals surface area contributed by atoms with Gasteiger partial charge in [0, 0.05) is 20.1 Å². The van der Waals surface area contributed by atoms with Crippen molar-refractivity contribution < 1.29 is 9.53 Å². The van der Waals surface area contributed by atoms with Crippen LogP contribution >= 0.6 is 12.4 Å². The van der Waals surface area contributed by atoms with Gasteiger partial charge in [0.2, 0.25) is 5.91 Å². The zero-order chi connectivity index (χ0) is 17.1. The fourth-order valence-electron chi connectivity index (χ4n) is 2.86. The lowest BCUT2D eigenvalue weighted by Gasteiger charge is -2.22. The molecule has 0 saturated carbocycles. The van der Waals surface area contributed by atoms with Gasteiger partial charge in [-0.1, -0.05) is 18.2 Å².